The molecule has 20 heavy (non-hydrogen) atoms. The summed E-state index contributed by atoms with van der Waals surface area (Å²) in [4.78, 5) is 25.3. The molecule has 2 N–H and O–H groups in total. The molecule has 1 atom stereocenters. The zero-order valence-corrected chi connectivity index (χ0v) is 12.0. The molecule has 2 amide bonds. The fourth-order valence-electron chi connectivity index (χ4n) is 2.46. The lowest BCUT2D eigenvalue weighted by molar-refractivity contribution is -0.121. The van der Waals surface area contributed by atoms with Gasteiger partial charge in [0.2, 0.25) is 11.8 Å². The van der Waals surface area contributed by atoms with Crippen LogP contribution in [0.2, 0.25) is 0 Å². The third-order valence-corrected chi connectivity index (χ3v) is 3.47. The van der Waals surface area contributed by atoms with Crippen molar-refractivity contribution >= 4 is 23.2 Å². The maximum atomic E-state index is 12.2. The molecule has 1 aromatic rings. The van der Waals surface area contributed by atoms with Crippen molar-refractivity contribution in [2.24, 2.45) is 5.92 Å². The van der Waals surface area contributed by atoms with E-state index in [1.54, 1.807) is 24.3 Å². The van der Waals surface area contributed by atoms with E-state index in [1.165, 1.54) is 6.92 Å². The van der Waals surface area contributed by atoms with E-state index >= 15 is 0 Å². The van der Waals surface area contributed by atoms with Crippen molar-refractivity contribution < 1.29 is 9.59 Å². The highest BCUT2D eigenvalue weighted by Gasteiger charge is 2.23. The number of piperidine rings is 1. The minimum Gasteiger partial charge on any atom is -0.326 e. The predicted octanol–water partition coefficient (Wildman–Crippen LogP) is 1.93. The molecule has 1 aliphatic heterocycles. The summed E-state index contributed by atoms with van der Waals surface area (Å²) in [5, 5.41) is 5.63. The van der Waals surface area contributed by atoms with Gasteiger partial charge in [0.1, 0.15) is 0 Å². The Morgan fingerprint density at radius 3 is 2.30 bits per heavy atom. The number of anilines is 2. The highest BCUT2D eigenvalue weighted by atomic mass is 16.2. The van der Waals surface area contributed by atoms with Crippen molar-refractivity contribution in [3.05, 3.63) is 24.3 Å². The number of carbonyl (C=O) groups excluding carboxylic acids is 2. The first-order valence-electron chi connectivity index (χ1n) is 6.91. The molecule has 1 saturated heterocycles. The van der Waals surface area contributed by atoms with Crippen LogP contribution in [-0.4, -0.2) is 36.9 Å². The highest BCUT2D eigenvalue weighted by Crippen LogP contribution is 2.19. The van der Waals surface area contributed by atoms with E-state index in [0.29, 0.717) is 0 Å². The lowest BCUT2D eigenvalue weighted by atomic mass is 9.97. The molecule has 1 heterocycles. The lowest BCUT2D eigenvalue weighted by Gasteiger charge is -2.28. The summed E-state index contributed by atoms with van der Waals surface area (Å²) < 4.78 is 0. The molecule has 0 radical (unpaired) electrons. The quantitative estimate of drug-likeness (QED) is 0.886. The van der Waals surface area contributed by atoms with E-state index in [1.807, 2.05) is 7.05 Å². The van der Waals surface area contributed by atoms with E-state index in [2.05, 4.69) is 15.5 Å². The molecular weight excluding hydrogens is 254 g/mol. The van der Waals surface area contributed by atoms with E-state index in [4.69, 9.17) is 0 Å². The second kappa shape index (κ2) is 6.52. The van der Waals surface area contributed by atoms with Crippen LogP contribution >= 0.6 is 0 Å². The first kappa shape index (κ1) is 14.5. The van der Waals surface area contributed by atoms with Gasteiger partial charge in [0.05, 0.1) is 5.92 Å². The van der Waals surface area contributed by atoms with Gasteiger partial charge in [0.25, 0.3) is 0 Å². The molecule has 0 spiro atoms. The van der Waals surface area contributed by atoms with Gasteiger partial charge in [-0.2, -0.15) is 0 Å². The SMILES string of the molecule is CC(=O)Nc1ccc(NC(=O)C2CCCN(C)C2)cc1. The Morgan fingerprint density at radius 1 is 1.15 bits per heavy atom. The number of amides is 2. The molecule has 0 saturated carbocycles. The van der Waals surface area contributed by atoms with Crippen molar-refractivity contribution in [2.75, 3.05) is 30.8 Å². The first-order chi connectivity index (χ1) is 9.54. The second-order valence-electron chi connectivity index (χ2n) is 5.35. The summed E-state index contributed by atoms with van der Waals surface area (Å²) in [6.45, 7) is 3.35. The molecule has 5 nitrogen and oxygen atoms in total. The van der Waals surface area contributed by atoms with Crippen molar-refractivity contribution in [1.82, 2.24) is 4.90 Å². The van der Waals surface area contributed by atoms with Gasteiger partial charge in [-0.3, -0.25) is 9.59 Å². The van der Waals surface area contributed by atoms with Crippen LogP contribution in [-0.2, 0) is 9.59 Å². The van der Waals surface area contributed by atoms with E-state index in [-0.39, 0.29) is 17.7 Å². The van der Waals surface area contributed by atoms with Gasteiger partial charge in [-0.1, -0.05) is 0 Å². The van der Waals surface area contributed by atoms with Crippen molar-refractivity contribution in [2.45, 2.75) is 19.8 Å². The molecule has 0 bridgehead atoms. The molecule has 1 unspecified atom stereocenters. The Morgan fingerprint density at radius 2 is 1.75 bits per heavy atom. The third-order valence-electron chi connectivity index (χ3n) is 3.47. The number of rotatable bonds is 3. The summed E-state index contributed by atoms with van der Waals surface area (Å²) in [5.74, 6) is 0.0274. The van der Waals surface area contributed by atoms with Crippen molar-refractivity contribution in [3.63, 3.8) is 0 Å². The molecule has 108 valence electrons. The molecule has 1 fully saturated rings. The Kier molecular flexibility index (Phi) is 4.74. The standard InChI is InChI=1S/C15H21N3O2/c1-11(19)16-13-5-7-14(8-6-13)17-15(20)12-4-3-9-18(2)10-12/h5-8,12H,3-4,9-10H2,1-2H3,(H,16,19)(H,17,20). The average molecular weight is 275 g/mol. The van der Waals surface area contributed by atoms with Crippen LogP contribution in [0, 0.1) is 5.92 Å². The largest absolute Gasteiger partial charge is 0.326 e. The Balaban J connectivity index is 1.92. The van der Waals surface area contributed by atoms with E-state index < -0.39 is 0 Å². The van der Waals surface area contributed by atoms with Crippen LogP contribution < -0.4 is 10.6 Å². The molecule has 2 rings (SSSR count). The number of nitrogens with zero attached hydrogens (tertiary/aromatic N) is 1. The number of benzene rings is 1. The number of hydrogen-bond acceptors (Lipinski definition) is 3. The topological polar surface area (TPSA) is 61.4 Å². The van der Waals surface area contributed by atoms with Crippen molar-refractivity contribution in [1.29, 1.82) is 0 Å². The van der Waals surface area contributed by atoms with Crippen LogP contribution in [0.1, 0.15) is 19.8 Å². The Bertz CT molecular complexity index is 484. The van der Waals surface area contributed by atoms with Gasteiger partial charge < -0.3 is 15.5 Å². The van der Waals surface area contributed by atoms with Gasteiger partial charge in [-0.15, -0.1) is 0 Å². The van der Waals surface area contributed by atoms with Crippen molar-refractivity contribution in [3.8, 4) is 0 Å². The number of hydrogen-bond donors (Lipinski definition) is 2. The van der Waals surface area contributed by atoms with Gasteiger partial charge in [-0.25, -0.2) is 0 Å². The smallest absolute Gasteiger partial charge is 0.228 e. The third kappa shape index (κ3) is 4.06. The summed E-state index contributed by atoms with van der Waals surface area (Å²) >= 11 is 0. The molecule has 1 aromatic carbocycles. The first-order valence-corrected chi connectivity index (χ1v) is 6.91. The fraction of sp³-hybridized carbons (Fsp3) is 0.467. The summed E-state index contributed by atoms with van der Waals surface area (Å²) in [5.41, 5.74) is 1.49. The normalized spacial score (nSPS) is 19.4. The maximum Gasteiger partial charge on any atom is 0.228 e. The van der Waals surface area contributed by atoms with E-state index in [9.17, 15) is 9.59 Å². The van der Waals surface area contributed by atoms with Crippen LogP contribution in [0.25, 0.3) is 0 Å². The summed E-state index contributed by atoms with van der Waals surface area (Å²) in [6.07, 6.45) is 2.01. The molecule has 1 aliphatic rings. The maximum absolute atomic E-state index is 12.2. The minimum atomic E-state index is -0.105. The second-order valence-corrected chi connectivity index (χ2v) is 5.35. The average Bonchev–Trinajstić information content (AvgIpc) is 2.40. The zero-order valence-electron chi connectivity index (χ0n) is 12.0. The van der Waals surface area contributed by atoms with Crippen LogP contribution in [0.3, 0.4) is 0 Å². The van der Waals surface area contributed by atoms with Crippen LogP contribution in [0.15, 0.2) is 24.3 Å². The molecule has 0 aromatic heterocycles. The Labute approximate surface area is 119 Å². The summed E-state index contributed by atoms with van der Waals surface area (Å²) in [7, 11) is 2.04. The Hall–Kier alpha value is -1.88. The predicted molar refractivity (Wildman–Crippen MR) is 79.6 cm³/mol. The summed E-state index contributed by atoms with van der Waals surface area (Å²) in [6, 6.07) is 7.17. The number of nitrogens with one attached hydrogen (secondary N) is 2. The van der Waals surface area contributed by atoms with Gasteiger partial charge >= 0.3 is 0 Å². The molecular formula is C15H21N3O2. The monoisotopic (exact) mass is 275 g/mol. The molecule has 5 heteroatoms. The number of carbonyl (C=O) groups is 2. The lowest BCUT2D eigenvalue weighted by Crippen LogP contribution is -2.38. The van der Waals surface area contributed by atoms with Gasteiger partial charge in [0, 0.05) is 24.8 Å². The minimum absolute atomic E-state index is 0.0590. The van der Waals surface area contributed by atoms with Gasteiger partial charge in [0.15, 0.2) is 0 Å². The number of likely N-dealkylation sites (tertiary alicyclic amines) is 1. The van der Waals surface area contributed by atoms with Crippen LogP contribution in [0.4, 0.5) is 11.4 Å². The highest BCUT2D eigenvalue weighted by molar-refractivity contribution is 5.93. The zero-order chi connectivity index (χ0) is 14.5. The molecule has 0 aliphatic carbocycles. The van der Waals surface area contributed by atoms with Gasteiger partial charge in [-0.05, 0) is 50.7 Å². The fourth-order valence-corrected chi connectivity index (χ4v) is 2.46. The van der Waals surface area contributed by atoms with E-state index in [0.717, 1.165) is 37.3 Å². The van der Waals surface area contributed by atoms with Crippen LogP contribution in [0.5, 0.6) is 0 Å².